The van der Waals surface area contributed by atoms with Gasteiger partial charge in [-0.2, -0.15) is 5.10 Å². The van der Waals surface area contributed by atoms with Crippen molar-refractivity contribution in [1.82, 2.24) is 20.1 Å². The van der Waals surface area contributed by atoms with E-state index in [1.807, 2.05) is 18.6 Å². The molecule has 7 heteroatoms. The van der Waals surface area contributed by atoms with Gasteiger partial charge in [-0.3, -0.25) is 9.48 Å². The molecule has 0 aliphatic heterocycles. The predicted molar refractivity (Wildman–Crippen MR) is 77.7 cm³/mol. The second kappa shape index (κ2) is 5.34. The first-order chi connectivity index (χ1) is 9.67. The Labute approximate surface area is 121 Å². The topological polar surface area (TPSA) is 71.8 Å². The lowest BCUT2D eigenvalue weighted by Gasteiger charge is -2.12. The van der Waals surface area contributed by atoms with Crippen LogP contribution in [0.2, 0.25) is 0 Å². The molecule has 1 aliphatic carbocycles. The smallest absolute Gasteiger partial charge is 0.247 e. The molecule has 0 saturated heterocycles. The molecule has 2 aromatic rings. The van der Waals surface area contributed by atoms with Gasteiger partial charge in [0, 0.05) is 30.1 Å². The molecule has 106 valence electrons. The fraction of sp³-hybridized carbons (Fsp3) is 0.462. The number of hydrogen-bond acceptors (Lipinski definition) is 5. The number of aryl methyl sites for hydroxylation is 1. The normalized spacial score (nSPS) is 16.1. The highest BCUT2D eigenvalue weighted by Crippen LogP contribution is 2.40. The van der Waals surface area contributed by atoms with Gasteiger partial charge in [-0.25, -0.2) is 4.98 Å². The van der Waals surface area contributed by atoms with E-state index in [0.717, 1.165) is 11.3 Å². The van der Waals surface area contributed by atoms with E-state index in [4.69, 9.17) is 0 Å². The molecular formula is C13H17N5OS. The molecule has 0 aromatic carbocycles. The van der Waals surface area contributed by atoms with Crippen LogP contribution in [0.1, 0.15) is 36.1 Å². The van der Waals surface area contributed by atoms with Crippen LogP contribution in [0, 0.1) is 0 Å². The molecule has 6 nitrogen and oxygen atoms in total. The van der Waals surface area contributed by atoms with Gasteiger partial charge < -0.3 is 10.6 Å². The lowest BCUT2D eigenvalue weighted by atomic mass is 10.1. The van der Waals surface area contributed by atoms with Crippen LogP contribution in [0.4, 0.5) is 5.13 Å². The number of aromatic nitrogens is 3. The summed E-state index contributed by atoms with van der Waals surface area (Å²) in [5, 5.41) is 12.7. The van der Waals surface area contributed by atoms with Gasteiger partial charge in [-0.05, 0) is 19.9 Å². The van der Waals surface area contributed by atoms with E-state index in [0.29, 0.717) is 11.0 Å². The van der Waals surface area contributed by atoms with Crippen molar-refractivity contribution in [3.8, 4) is 0 Å². The number of carbonyl (C=O) groups excluding carboxylic acids is 1. The van der Waals surface area contributed by atoms with Crippen molar-refractivity contribution in [2.75, 3.05) is 12.4 Å². The van der Waals surface area contributed by atoms with Crippen LogP contribution in [-0.2, 0) is 11.8 Å². The number of amides is 1. The Balaban J connectivity index is 1.69. The highest BCUT2D eigenvalue weighted by atomic mass is 32.1. The summed E-state index contributed by atoms with van der Waals surface area (Å²) < 4.78 is 1.68. The van der Waals surface area contributed by atoms with Crippen LogP contribution in [0.25, 0.3) is 0 Å². The van der Waals surface area contributed by atoms with Gasteiger partial charge in [-0.1, -0.05) is 0 Å². The lowest BCUT2D eigenvalue weighted by Crippen LogP contribution is -2.30. The molecule has 2 aromatic heterocycles. The Bertz CT molecular complexity index is 616. The molecule has 1 amide bonds. The van der Waals surface area contributed by atoms with Crippen molar-refractivity contribution in [3.63, 3.8) is 0 Å². The average Bonchev–Trinajstić information content (AvgIpc) is 3.03. The fourth-order valence-electron chi connectivity index (χ4n) is 2.13. The number of nitrogens with one attached hydrogen (secondary N) is 2. The van der Waals surface area contributed by atoms with Gasteiger partial charge in [0.05, 0.1) is 11.9 Å². The van der Waals surface area contributed by atoms with E-state index in [-0.39, 0.29) is 5.91 Å². The highest BCUT2D eigenvalue weighted by molar-refractivity contribution is 7.13. The minimum atomic E-state index is -0.419. The van der Waals surface area contributed by atoms with Crippen molar-refractivity contribution < 1.29 is 4.79 Å². The second-order valence-corrected chi connectivity index (χ2v) is 5.87. The zero-order valence-electron chi connectivity index (χ0n) is 11.5. The van der Waals surface area contributed by atoms with E-state index < -0.39 is 6.04 Å². The van der Waals surface area contributed by atoms with Crippen LogP contribution >= 0.6 is 11.3 Å². The molecule has 1 aliphatic rings. The summed E-state index contributed by atoms with van der Waals surface area (Å²) in [5.41, 5.74) is 1.94. The molecule has 0 radical (unpaired) electrons. The zero-order valence-corrected chi connectivity index (χ0v) is 12.3. The molecule has 1 unspecified atom stereocenters. The number of carbonyl (C=O) groups is 1. The largest absolute Gasteiger partial charge is 0.305 e. The van der Waals surface area contributed by atoms with Crippen LogP contribution in [0.15, 0.2) is 17.8 Å². The van der Waals surface area contributed by atoms with Crippen LogP contribution in [0.5, 0.6) is 0 Å². The molecule has 2 N–H and O–H groups in total. The molecule has 1 fully saturated rings. The van der Waals surface area contributed by atoms with Gasteiger partial charge in [0.2, 0.25) is 5.91 Å². The number of likely N-dealkylation sites (N-methyl/N-ethyl adjacent to an activating group) is 1. The van der Waals surface area contributed by atoms with E-state index in [2.05, 4.69) is 20.7 Å². The number of rotatable bonds is 5. The third-order valence-corrected chi connectivity index (χ3v) is 4.13. The maximum atomic E-state index is 12.3. The number of hydrogen-bond donors (Lipinski definition) is 2. The van der Waals surface area contributed by atoms with Crippen molar-refractivity contribution >= 4 is 22.4 Å². The van der Waals surface area contributed by atoms with E-state index in [9.17, 15) is 4.79 Å². The standard InChI is InChI=1S/C13H17N5OS/c1-14-11(9-5-15-18(2)6-9)12(19)17-13-16-10(7-20-13)8-3-4-8/h5-8,11,14H,3-4H2,1-2H3,(H,16,17,19). The Morgan fingerprint density at radius 2 is 2.35 bits per heavy atom. The molecule has 0 spiro atoms. The third-order valence-electron chi connectivity index (χ3n) is 3.36. The molecule has 0 bridgehead atoms. The second-order valence-electron chi connectivity index (χ2n) is 5.01. The van der Waals surface area contributed by atoms with Crippen molar-refractivity contribution in [2.45, 2.75) is 24.8 Å². The summed E-state index contributed by atoms with van der Waals surface area (Å²) in [5.74, 6) is 0.493. The molecule has 3 rings (SSSR count). The number of thiazole rings is 1. The summed E-state index contributed by atoms with van der Waals surface area (Å²) in [6.07, 6.45) is 5.95. The summed E-state index contributed by atoms with van der Waals surface area (Å²) in [6.45, 7) is 0. The SMILES string of the molecule is CNC(C(=O)Nc1nc(C2CC2)cs1)c1cnn(C)c1. The first-order valence-electron chi connectivity index (χ1n) is 6.59. The van der Waals surface area contributed by atoms with Gasteiger partial charge >= 0.3 is 0 Å². The van der Waals surface area contributed by atoms with Gasteiger partial charge in [0.1, 0.15) is 6.04 Å². The van der Waals surface area contributed by atoms with E-state index in [1.54, 1.807) is 17.9 Å². The number of nitrogens with zero attached hydrogens (tertiary/aromatic N) is 3. The third kappa shape index (κ3) is 2.73. The monoisotopic (exact) mass is 291 g/mol. The Morgan fingerprint density at radius 3 is 2.95 bits per heavy atom. The van der Waals surface area contributed by atoms with Crippen LogP contribution in [-0.4, -0.2) is 27.7 Å². The Kier molecular flexibility index (Phi) is 3.54. The maximum Gasteiger partial charge on any atom is 0.247 e. The summed E-state index contributed by atoms with van der Waals surface area (Å²) in [7, 11) is 3.59. The van der Waals surface area contributed by atoms with Crippen molar-refractivity contribution in [3.05, 3.63) is 29.0 Å². The quantitative estimate of drug-likeness (QED) is 0.878. The molecular weight excluding hydrogens is 274 g/mol. The minimum absolute atomic E-state index is 0.114. The van der Waals surface area contributed by atoms with Crippen molar-refractivity contribution in [1.29, 1.82) is 0 Å². The van der Waals surface area contributed by atoms with E-state index in [1.165, 1.54) is 24.2 Å². The summed E-state index contributed by atoms with van der Waals surface area (Å²) in [4.78, 5) is 16.8. The minimum Gasteiger partial charge on any atom is -0.305 e. The Hall–Kier alpha value is -1.73. The molecule has 1 atom stereocenters. The predicted octanol–water partition coefficient (Wildman–Crippen LogP) is 1.65. The zero-order chi connectivity index (χ0) is 14.1. The van der Waals surface area contributed by atoms with Gasteiger partial charge in [0.15, 0.2) is 5.13 Å². The van der Waals surface area contributed by atoms with Crippen molar-refractivity contribution in [2.24, 2.45) is 7.05 Å². The van der Waals surface area contributed by atoms with Crippen LogP contribution < -0.4 is 10.6 Å². The first-order valence-corrected chi connectivity index (χ1v) is 7.47. The molecule has 2 heterocycles. The Morgan fingerprint density at radius 1 is 1.55 bits per heavy atom. The van der Waals surface area contributed by atoms with Crippen LogP contribution in [0.3, 0.4) is 0 Å². The first kappa shape index (κ1) is 13.3. The lowest BCUT2D eigenvalue weighted by molar-refractivity contribution is -0.118. The highest BCUT2D eigenvalue weighted by Gasteiger charge is 2.27. The molecule has 1 saturated carbocycles. The van der Waals surface area contributed by atoms with Gasteiger partial charge in [-0.15, -0.1) is 11.3 Å². The summed E-state index contributed by atoms with van der Waals surface area (Å²) in [6, 6.07) is -0.419. The van der Waals surface area contributed by atoms with E-state index >= 15 is 0 Å². The fourth-order valence-corrected chi connectivity index (χ4v) is 2.92. The average molecular weight is 291 g/mol. The van der Waals surface area contributed by atoms with Gasteiger partial charge in [0.25, 0.3) is 0 Å². The molecule has 20 heavy (non-hydrogen) atoms. The number of anilines is 1. The maximum absolute atomic E-state index is 12.3. The summed E-state index contributed by atoms with van der Waals surface area (Å²) >= 11 is 1.48.